The number of methoxy groups -OCH3 is 2. The molecule has 1 aromatic heterocycles. The molecule has 3 aromatic carbocycles. The fraction of sp³-hybridized carbons (Fsp3) is 0.185. The lowest BCUT2D eigenvalue weighted by Gasteiger charge is -2.23. The van der Waals surface area contributed by atoms with Crippen LogP contribution in [0.1, 0.15) is 23.6 Å². The van der Waals surface area contributed by atoms with E-state index in [1.54, 1.807) is 36.4 Å². The second-order valence-electron chi connectivity index (χ2n) is 8.67. The van der Waals surface area contributed by atoms with Crippen LogP contribution in [0.15, 0.2) is 76.6 Å². The van der Waals surface area contributed by atoms with Crippen molar-refractivity contribution in [2.24, 2.45) is 5.10 Å². The van der Waals surface area contributed by atoms with E-state index in [1.165, 1.54) is 14.2 Å². The zero-order valence-corrected chi connectivity index (χ0v) is 21.9. The van der Waals surface area contributed by atoms with Crippen LogP contribution in [0.5, 0.6) is 11.5 Å². The number of pyridine rings is 1. The number of aromatic nitrogens is 1. The van der Waals surface area contributed by atoms with Gasteiger partial charge >= 0.3 is 0 Å². The van der Waals surface area contributed by atoms with Crippen LogP contribution in [0.25, 0.3) is 22.0 Å². The molecular formula is C27H24ClN3O5S. The number of ether oxygens (including phenoxy) is 2. The number of sulfonamides is 1. The Labute approximate surface area is 219 Å². The zero-order valence-electron chi connectivity index (χ0n) is 20.4. The van der Waals surface area contributed by atoms with Gasteiger partial charge in [-0.2, -0.15) is 9.52 Å². The molecule has 8 nitrogen and oxygen atoms in total. The molecule has 4 aromatic rings. The Kier molecular flexibility index (Phi) is 6.43. The Hall–Kier alpha value is -3.82. The Morgan fingerprint density at radius 3 is 2.43 bits per heavy atom. The minimum Gasteiger partial charge on any atom is -0.497 e. The van der Waals surface area contributed by atoms with Gasteiger partial charge in [-0.25, -0.2) is 8.42 Å². The van der Waals surface area contributed by atoms with E-state index in [0.717, 1.165) is 21.6 Å². The average molecular weight is 538 g/mol. The number of hydrazone groups is 1. The first-order valence-corrected chi connectivity index (χ1v) is 13.6. The van der Waals surface area contributed by atoms with Crippen molar-refractivity contribution in [3.05, 3.63) is 93.2 Å². The highest BCUT2D eigenvalue weighted by Gasteiger charge is 2.38. The summed E-state index contributed by atoms with van der Waals surface area (Å²) in [6.07, 6.45) is 1.23. The lowest BCUT2D eigenvalue weighted by atomic mass is 9.91. The quantitative estimate of drug-likeness (QED) is 0.374. The second kappa shape index (κ2) is 9.57. The number of benzene rings is 3. The minimum absolute atomic E-state index is 0.144. The molecule has 0 aliphatic carbocycles. The zero-order chi connectivity index (χ0) is 26.3. The maximum atomic E-state index is 13.5. The highest BCUT2D eigenvalue weighted by Crippen LogP contribution is 2.42. The summed E-state index contributed by atoms with van der Waals surface area (Å²) in [5.74, 6) is 1.03. The number of hydrogen-bond donors (Lipinski definition) is 1. The van der Waals surface area contributed by atoms with Crippen molar-refractivity contribution in [2.45, 2.75) is 12.5 Å². The van der Waals surface area contributed by atoms with E-state index in [4.69, 9.17) is 21.1 Å². The Morgan fingerprint density at radius 1 is 1.00 bits per heavy atom. The molecule has 1 aliphatic rings. The number of hydrogen-bond acceptors (Lipinski definition) is 6. The minimum atomic E-state index is -3.81. The van der Waals surface area contributed by atoms with Crippen molar-refractivity contribution < 1.29 is 17.9 Å². The van der Waals surface area contributed by atoms with Gasteiger partial charge in [0.15, 0.2) is 0 Å². The van der Waals surface area contributed by atoms with E-state index in [9.17, 15) is 13.2 Å². The molecule has 1 aliphatic heterocycles. The largest absolute Gasteiger partial charge is 0.497 e. The van der Waals surface area contributed by atoms with Gasteiger partial charge in [-0.3, -0.25) is 4.79 Å². The third-order valence-electron chi connectivity index (χ3n) is 6.34. The van der Waals surface area contributed by atoms with Crippen LogP contribution < -0.4 is 15.0 Å². The van der Waals surface area contributed by atoms with Crippen LogP contribution in [0.4, 0.5) is 0 Å². The molecular weight excluding hydrogens is 514 g/mol. The van der Waals surface area contributed by atoms with E-state index in [-0.39, 0.29) is 12.0 Å². The summed E-state index contributed by atoms with van der Waals surface area (Å²) in [4.78, 5) is 16.5. The Balaban J connectivity index is 1.77. The summed E-state index contributed by atoms with van der Waals surface area (Å²) in [5.41, 5.74) is 2.86. The van der Waals surface area contributed by atoms with Crippen molar-refractivity contribution in [2.75, 3.05) is 20.5 Å². The van der Waals surface area contributed by atoms with E-state index < -0.39 is 16.1 Å². The van der Waals surface area contributed by atoms with E-state index in [0.29, 0.717) is 44.4 Å². The van der Waals surface area contributed by atoms with Crippen molar-refractivity contribution in [1.29, 1.82) is 0 Å². The molecule has 1 N–H and O–H groups in total. The summed E-state index contributed by atoms with van der Waals surface area (Å²) in [6.45, 7) is 0. The van der Waals surface area contributed by atoms with E-state index in [2.05, 4.69) is 10.1 Å². The van der Waals surface area contributed by atoms with Crippen LogP contribution in [0.3, 0.4) is 0 Å². The van der Waals surface area contributed by atoms with Crippen molar-refractivity contribution in [1.82, 2.24) is 9.40 Å². The Bertz CT molecular complexity index is 1700. The number of H-pyrrole nitrogens is 1. The molecule has 0 unspecified atom stereocenters. The van der Waals surface area contributed by atoms with Gasteiger partial charge < -0.3 is 14.5 Å². The predicted molar refractivity (Wildman–Crippen MR) is 145 cm³/mol. The van der Waals surface area contributed by atoms with Crippen molar-refractivity contribution in [3.63, 3.8) is 0 Å². The first kappa shape index (κ1) is 24.9. The van der Waals surface area contributed by atoms with Crippen LogP contribution in [-0.2, 0) is 10.0 Å². The summed E-state index contributed by atoms with van der Waals surface area (Å²) in [5, 5.41) is 5.74. The average Bonchev–Trinajstić information content (AvgIpc) is 3.34. The highest BCUT2D eigenvalue weighted by atomic mass is 35.5. The molecule has 190 valence electrons. The molecule has 0 radical (unpaired) electrons. The smallest absolute Gasteiger partial charge is 0.258 e. The van der Waals surface area contributed by atoms with Crippen LogP contribution in [-0.4, -0.2) is 44.0 Å². The molecule has 0 saturated heterocycles. The van der Waals surface area contributed by atoms with Gasteiger partial charge in [-0.1, -0.05) is 41.9 Å². The van der Waals surface area contributed by atoms with Gasteiger partial charge in [-0.15, -0.1) is 0 Å². The van der Waals surface area contributed by atoms with Crippen molar-refractivity contribution in [3.8, 4) is 22.6 Å². The third kappa shape index (κ3) is 4.56. The molecule has 0 fully saturated rings. The van der Waals surface area contributed by atoms with Gasteiger partial charge in [0.05, 0.1) is 37.8 Å². The monoisotopic (exact) mass is 537 g/mol. The third-order valence-corrected chi connectivity index (χ3v) is 7.59. The first-order valence-electron chi connectivity index (χ1n) is 11.4. The molecule has 10 heteroatoms. The fourth-order valence-electron chi connectivity index (χ4n) is 4.72. The number of nitrogens with one attached hydrogen (secondary N) is 1. The molecule has 0 spiro atoms. The summed E-state index contributed by atoms with van der Waals surface area (Å²) >= 11 is 6.34. The van der Waals surface area contributed by atoms with Crippen LogP contribution in [0.2, 0.25) is 5.02 Å². The lowest BCUT2D eigenvalue weighted by molar-refractivity contribution is 0.348. The normalized spacial score (nSPS) is 15.6. The lowest BCUT2D eigenvalue weighted by Crippen LogP contribution is -2.26. The maximum Gasteiger partial charge on any atom is 0.258 e. The van der Waals surface area contributed by atoms with Crippen LogP contribution in [0, 0.1) is 0 Å². The van der Waals surface area contributed by atoms with Gasteiger partial charge in [0, 0.05) is 33.5 Å². The number of halogens is 1. The highest BCUT2D eigenvalue weighted by molar-refractivity contribution is 7.88. The SMILES string of the molecule is COc1ccc(OC)c([C@@H]2CC(c3c(-c4ccccc4)c4cc(Cl)ccc4[nH]c3=O)=NN2S(C)(=O)=O)c1. The molecule has 0 amide bonds. The summed E-state index contributed by atoms with van der Waals surface area (Å²) in [7, 11) is -0.767. The fourth-order valence-corrected chi connectivity index (χ4v) is 5.79. The van der Waals surface area contributed by atoms with Crippen molar-refractivity contribution >= 4 is 38.2 Å². The molecule has 0 saturated carbocycles. The molecule has 2 heterocycles. The van der Waals surface area contributed by atoms with E-state index >= 15 is 0 Å². The molecule has 5 rings (SSSR count). The molecule has 1 atom stereocenters. The standard InChI is InChI=1S/C27H24ClN3O5S/c1-35-18-10-12-24(36-2)20(14-18)23-15-22(30-31(23)37(3,33)34)26-25(16-7-5-4-6-8-16)19-13-17(28)9-11-21(19)29-27(26)32/h4-14,23H,15H2,1-3H3,(H,29,32)/t23-/m0/s1. The van der Waals surface area contributed by atoms with Gasteiger partial charge in [-0.05, 0) is 42.0 Å². The number of aromatic amines is 1. The van der Waals surface area contributed by atoms with E-state index in [1.807, 2.05) is 30.3 Å². The summed E-state index contributed by atoms with van der Waals surface area (Å²) in [6, 6.07) is 19.1. The second-order valence-corrected chi connectivity index (χ2v) is 10.9. The van der Waals surface area contributed by atoms with Gasteiger partial charge in [0.1, 0.15) is 11.5 Å². The topological polar surface area (TPSA) is 101 Å². The predicted octanol–water partition coefficient (Wildman–Crippen LogP) is 4.98. The number of fused-ring (bicyclic) bond motifs is 1. The number of rotatable bonds is 6. The molecule has 37 heavy (non-hydrogen) atoms. The number of nitrogens with zero attached hydrogens (tertiary/aromatic N) is 2. The first-order chi connectivity index (χ1) is 17.7. The maximum absolute atomic E-state index is 13.5. The Morgan fingerprint density at radius 2 is 1.76 bits per heavy atom. The van der Waals surface area contributed by atoms with Crippen LogP contribution >= 0.6 is 11.6 Å². The molecule has 0 bridgehead atoms. The summed E-state index contributed by atoms with van der Waals surface area (Å²) < 4.78 is 37.7. The van der Waals surface area contributed by atoms with Gasteiger partial charge in [0.2, 0.25) is 10.0 Å². The van der Waals surface area contributed by atoms with Gasteiger partial charge in [0.25, 0.3) is 5.56 Å².